The summed E-state index contributed by atoms with van der Waals surface area (Å²) >= 11 is 0. The Morgan fingerprint density at radius 1 is 0.312 bits per heavy atom. The van der Waals surface area contributed by atoms with Crippen LogP contribution >= 0.6 is 0 Å². The van der Waals surface area contributed by atoms with E-state index in [0.717, 1.165) is 0 Å². The molecular weight excluding hydrogens is 928 g/mol. The van der Waals surface area contributed by atoms with Gasteiger partial charge >= 0.3 is 0 Å². The van der Waals surface area contributed by atoms with Crippen molar-refractivity contribution in [2.45, 2.75) is 89.9 Å². The van der Waals surface area contributed by atoms with Crippen molar-refractivity contribution in [2.24, 2.45) is 0 Å². The van der Waals surface area contributed by atoms with Gasteiger partial charge in [-0.15, -0.1) is 0 Å². The van der Waals surface area contributed by atoms with E-state index in [1.165, 1.54) is 193 Å². The third-order valence-electron chi connectivity index (χ3n) is 18.0. The van der Waals surface area contributed by atoms with E-state index in [1.807, 2.05) is 0 Å². The van der Waals surface area contributed by atoms with Crippen molar-refractivity contribution in [3.8, 4) is 55.6 Å². The molecule has 4 aliphatic rings. The number of hydrogen-bond acceptors (Lipinski definition) is 2. The first-order valence-corrected chi connectivity index (χ1v) is 28.7. The minimum Gasteiger partial charge on any atom is -0.311 e. The molecule has 2 saturated carbocycles. The zero-order valence-electron chi connectivity index (χ0n) is 44.6. The summed E-state index contributed by atoms with van der Waals surface area (Å²) in [5, 5.41) is 0. The standard InChI is InChI=1S/C74H65BN2/c1-50-64(55-30-16-6-17-31-55)46-62(47-65(50)56-32-18-7-19-33-56)76-70-42-59(52-24-10-3-11-25-52)38-40-68(70)75-69-41-39-60(53-26-12-4-13-27-53)43-71(69)77(73-45-61(44-72(76)74(73)75)54-28-14-5-15-29-54)63-48-66(57-34-20-8-21-35-57)51(2)67(49-63)58-36-22-9-23-37-58/h5-9,14-23,28-49,52-53H,3-4,10-13,24-27H2,1-2H3. The fraction of sp³-hybridized carbons (Fsp3) is 0.189. The minimum absolute atomic E-state index is 0.00315. The molecule has 0 aromatic heterocycles. The molecule has 10 aromatic carbocycles. The van der Waals surface area contributed by atoms with Crippen molar-refractivity contribution in [3.63, 3.8) is 0 Å². The summed E-state index contributed by atoms with van der Waals surface area (Å²) in [6, 6.07) is 86.0. The average Bonchev–Trinajstić information content (AvgIpc) is 3.63. The lowest BCUT2D eigenvalue weighted by atomic mass is 9.33. The van der Waals surface area contributed by atoms with Gasteiger partial charge in [-0.05, 0) is 194 Å². The smallest absolute Gasteiger partial charge is 0.252 e. The van der Waals surface area contributed by atoms with Crippen LogP contribution in [0.5, 0.6) is 0 Å². The summed E-state index contributed by atoms with van der Waals surface area (Å²) in [5.74, 6) is 1.10. The highest BCUT2D eigenvalue weighted by molar-refractivity contribution is 7.00. The van der Waals surface area contributed by atoms with Gasteiger partial charge in [0.25, 0.3) is 6.71 Å². The molecule has 14 rings (SSSR count). The second-order valence-corrected chi connectivity index (χ2v) is 22.5. The number of nitrogens with zero attached hydrogens (tertiary/aromatic N) is 2. The molecule has 2 heterocycles. The number of benzene rings is 10. The summed E-state index contributed by atoms with van der Waals surface area (Å²) in [4.78, 5) is 5.39. The summed E-state index contributed by atoms with van der Waals surface area (Å²) in [7, 11) is 0. The van der Waals surface area contributed by atoms with Crippen LogP contribution in [-0.4, -0.2) is 6.71 Å². The lowest BCUT2D eigenvalue weighted by Gasteiger charge is -2.45. The Morgan fingerprint density at radius 3 is 0.974 bits per heavy atom. The second-order valence-electron chi connectivity index (χ2n) is 22.5. The predicted octanol–water partition coefficient (Wildman–Crippen LogP) is 18.8. The number of fused-ring (bicyclic) bond motifs is 4. The van der Waals surface area contributed by atoms with E-state index in [-0.39, 0.29) is 6.71 Å². The molecule has 0 amide bonds. The summed E-state index contributed by atoms with van der Waals surface area (Å²) in [5.41, 5.74) is 29.4. The van der Waals surface area contributed by atoms with Crippen LogP contribution in [0.3, 0.4) is 0 Å². The Balaban J connectivity index is 1.10. The molecule has 0 saturated heterocycles. The highest BCUT2D eigenvalue weighted by atomic mass is 15.2. The topological polar surface area (TPSA) is 6.48 Å². The van der Waals surface area contributed by atoms with E-state index in [1.54, 1.807) is 0 Å². The first kappa shape index (κ1) is 47.3. The fourth-order valence-electron chi connectivity index (χ4n) is 14.1. The van der Waals surface area contributed by atoms with Crippen LogP contribution in [0, 0.1) is 13.8 Å². The first-order valence-electron chi connectivity index (χ1n) is 28.7. The van der Waals surface area contributed by atoms with Crippen molar-refractivity contribution in [3.05, 3.63) is 247 Å². The monoisotopic (exact) mass is 993 g/mol. The van der Waals surface area contributed by atoms with Gasteiger partial charge in [0, 0.05) is 34.1 Å². The molecule has 0 N–H and O–H groups in total. The third-order valence-corrected chi connectivity index (χ3v) is 18.0. The Kier molecular flexibility index (Phi) is 12.4. The molecule has 10 aromatic rings. The average molecular weight is 993 g/mol. The molecule has 3 heteroatoms. The van der Waals surface area contributed by atoms with E-state index >= 15 is 0 Å². The van der Waals surface area contributed by atoms with E-state index < -0.39 is 0 Å². The maximum atomic E-state index is 2.70. The van der Waals surface area contributed by atoms with Crippen LogP contribution in [-0.2, 0) is 0 Å². The van der Waals surface area contributed by atoms with Crippen LogP contribution in [0.25, 0.3) is 55.6 Å². The maximum absolute atomic E-state index is 2.70. The minimum atomic E-state index is 0.00315. The Hall–Kier alpha value is -8.14. The molecule has 2 aliphatic carbocycles. The van der Waals surface area contributed by atoms with E-state index in [4.69, 9.17) is 0 Å². The largest absolute Gasteiger partial charge is 0.311 e. The zero-order chi connectivity index (χ0) is 51.4. The lowest BCUT2D eigenvalue weighted by molar-refractivity contribution is 0.444. The van der Waals surface area contributed by atoms with Crippen LogP contribution in [0.2, 0.25) is 0 Å². The van der Waals surface area contributed by atoms with Crippen LogP contribution in [0.4, 0.5) is 34.1 Å². The van der Waals surface area contributed by atoms with Crippen LogP contribution in [0.15, 0.2) is 224 Å². The molecule has 0 spiro atoms. The Labute approximate surface area is 456 Å². The zero-order valence-corrected chi connectivity index (χ0v) is 44.6. The number of hydrogen-bond donors (Lipinski definition) is 0. The quantitative estimate of drug-likeness (QED) is 0.133. The van der Waals surface area contributed by atoms with Gasteiger partial charge in [-0.2, -0.15) is 0 Å². The van der Waals surface area contributed by atoms with Gasteiger partial charge in [-0.3, -0.25) is 0 Å². The molecule has 0 atom stereocenters. The van der Waals surface area contributed by atoms with Crippen molar-refractivity contribution in [1.29, 1.82) is 0 Å². The van der Waals surface area contributed by atoms with Crippen LogP contribution < -0.4 is 26.2 Å². The number of anilines is 6. The first-order chi connectivity index (χ1) is 38.0. The Morgan fingerprint density at radius 2 is 0.636 bits per heavy atom. The highest BCUT2D eigenvalue weighted by Gasteiger charge is 2.45. The third kappa shape index (κ3) is 8.52. The SMILES string of the molecule is Cc1c(-c2ccccc2)cc(N2c3cc(C4CCCCC4)ccc3B3c4ccc(C5CCCCC5)cc4N(c4cc(-c5ccccc5)c(C)c(-c5ccccc5)c4)c4cc(-c5ccccc5)cc2c43)cc1-c1ccccc1. The molecule has 2 nitrogen and oxygen atoms in total. The molecule has 0 unspecified atom stereocenters. The van der Waals surface area contributed by atoms with Crippen molar-refractivity contribution in [1.82, 2.24) is 0 Å². The molecule has 374 valence electrons. The summed E-state index contributed by atoms with van der Waals surface area (Å²) in [6.45, 7) is 4.64. The summed E-state index contributed by atoms with van der Waals surface area (Å²) < 4.78 is 0. The molecule has 0 bridgehead atoms. The summed E-state index contributed by atoms with van der Waals surface area (Å²) in [6.07, 6.45) is 12.8. The van der Waals surface area contributed by atoms with Gasteiger partial charge in [0.2, 0.25) is 0 Å². The van der Waals surface area contributed by atoms with Crippen molar-refractivity contribution < 1.29 is 0 Å². The number of rotatable bonds is 9. The molecule has 2 aliphatic heterocycles. The van der Waals surface area contributed by atoms with Gasteiger partial charge in [-0.25, -0.2) is 0 Å². The van der Waals surface area contributed by atoms with Crippen molar-refractivity contribution >= 4 is 57.2 Å². The van der Waals surface area contributed by atoms with Gasteiger partial charge in [0.1, 0.15) is 0 Å². The second kappa shape index (κ2) is 20.1. The molecule has 77 heavy (non-hydrogen) atoms. The molecule has 0 radical (unpaired) electrons. The van der Waals surface area contributed by atoms with E-state index in [0.29, 0.717) is 11.8 Å². The fourth-order valence-corrected chi connectivity index (χ4v) is 14.1. The van der Waals surface area contributed by atoms with Gasteiger partial charge < -0.3 is 9.80 Å². The Bertz CT molecular complexity index is 3430. The highest BCUT2D eigenvalue weighted by Crippen LogP contribution is 2.51. The van der Waals surface area contributed by atoms with Gasteiger partial charge in [0.15, 0.2) is 0 Å². The van der Waals surface area contributed by atoms with E-state index in [2.05, 4.69) is 248 Å². The lowest BCUT2D eigenvalue weighted by Crippen LogP contribution is -2.61. The van der Waals surface area contributed by atoms with Crippen molar-refractivity contribution in [2.75, 3.05) is 9.80 Å². The normalized spacial score (nSPS) is 15.2. The maximum Gasteiger partial charge on any atom is 0.252 e. The van der Waals surface area contributed by atoms with Crippen LogP contribution in [0.1, 0.15) is 98.3 Å². The van der Waals surface area contributed by atoms with E-state index in [9.17, 15) is 0 Å². The molecular formula is C74H65BN2. The van der Waals surface area contributed by atoms with Gasteiger partial charge in [-0.1, -0.05) is 214 Å². The van der Waals surface area contributed by atoms with Gasteiger partial charge in [0.05, 0.1) is 0 Å². The molecule has 2 fully saturated rings. The predicted molar refractivity (Wildman–Crippen MR) is 329 cm³/mol.